The number of anilines is 2. The summed E-state index contributed by atoms with van der Waals surface area (Å²) in [7, 11) is 1.44. The molecule has 1 amide bonds. The van der Waals surface area contributed by atoms with Crippen molar-refractivity contribution in [3.63, 3.8) is 0 Å². The Kier molecular flexibility index (Phi) is 12.7. The number of ether oxygens (including phenoxy) is 3. The maximum atomic E-state index is 13.9. The summed E-state index contributed by atoms with van der Waals surface area (Å²) >= 11 is 0. The molecule has 11 nitrogen and oxygen atoms in total. The lowest BCUT2D eigenvalue weighted by atomic mass is 9.89. The third-order valence-electron chi connectivity index (χ3n) is 8.04. The second kappa shape index (κ2) is 16.7. The van der Waals surface area contributed by atoms with Crippen LogP contribution >= 0.6 is 0 Å². The zero-order valence-electron chi connectivity index (χ0n) is 27.6. The molecule has 2 atom stereocenters. The minimum Gasteiger partial charge on any atom is -0.488 e. The van der Waals surface area contributed by atoms with Crippen LogP contribution in [-0.2, 0) is 33.0 Å². The molecule has 0 saturated carbocycles. The summed E-state index contributed by atoms with van der Waals surface area (Å²) in [6.45, 7) is 1.91. The molecular weight excluding hydrogens is 688 g/mol. The van der Waals surface area contributed by atoms with Gasteiger partial charge in [0.1, 0.15) is 6.61 Å². The van der Waals surface area contributed by atoms with E-state index in [1.54, 1.807) is 13.0 Å². The Hall–Kier alpha value is -5.11. The number of amides is 1. The highest BCUT2D eigenvalue weighted by Crippen LogP contribution is 2.43. The number of fused-ring (bicyclic) bond motifs is 1. The lowest BCUT2D eigenvalue weighted by molar-refractivity contribution is -0.138. The van der Waals surface area contributed by atoms with Crippen molar-refractivity contribution in [3.8, 4) is 11.8 Å². The van der Waals surface area contributed by atoms with Crippen molar-refractivity contribution < 1.29 is 55.2 Å². The zero-order chi connectivity index (χ0) is 37.3. The van der Waals surface area contributed by atoms with Crippen LogP contribution in [-0.4, -0.2) is 60.1 Å². The SMILES string of the molecule is CC[C@@H]1C[C@H](Nc2ncc(OCCOC)c(Cc3cc(C#N)cc(C(F)(F)F)c3)n2)c2cc(C(F)(F)F)ccc2N1C(=O)OCCCCC(=O)O. The summed E-state index contributed by atoms with van der Waals surface area (Å²) in [6, 6.07) is 6.16. The highest BCUT2D eigenvalue weighted by Gasteiger charge is 2.39. The number of carboxylic acid groups (broad SMARTS) is 1. The molecule has 51 heavy (non-hydrogen) atoms. The fourth-order valence-electron chi connectivity index (χ4n) is 5.60. The molecule has 1 aromatic heterocycles. The molecule has 0 bridgehead atoms. The van der Waals surface area contributed by atoms with E-state index in [0.717, 1.165) is 24.3 Å². The van der Waals surface area contributed by atoms with Crippen LogP contribution in [0.4, 0.5) is 42.8 Å². The maximum absolute atomic E-state index is 13.9. The summed E-state index contributed by atoms with van der Waals surface area (Å²) in [5.74, 6) is -0.959. The highest BCUT2D eigenvalue weighted by atomic mass is 19.4. The van der Waals surface area contributed by atoms with E-state index in [-0.39, 0.29) is 91.7 Å². The van der Waals surface area contributed by atoms with Crippen LogP contribution in [0.25, 0.3) is 0 Å². The van der Waals surface area contributed by atoms with Gasteiger partial charge in [-0.05, 0) is 73.2 Å². The van der Waals surface area contributed by atoms with E-state index >= 15 is 0 Å². The average Bonchev–Trinajstić information content (AvgIpc) is 3.07. The van der Waals surface area contributed by atoms with Gasteiger partial charge in [-0.3, -0.25) is 9.69 Å². The average molecular weight is 724 g/mol. The van der Waals surface area contributed by atoms with Crippen LogP contribution in [0, 0.1) is 11.3 Å². The van der Waals surface area contributed by atoms with Crippen molar-refractivity contribution >= 4 is 23.7 Å². The lowest BCUT2D eigenvalue weighted by Crippen LogP contribution is -2.46. The van der Waals surface area contributed by atoms with E-state index in [4.69, 9.17) is 19.3 Å². The smallest absolute Gasteiger partial charge is 0.416 e. The highest BCUT2D eigenvalue weighted by molar-refractivity contribution is 5.90. The second-order valence-electron chi connectivity index (χ2n) is 11.7. The molecule has 0 fully saturated rings. The van der Waals surface area contributed by atoms with Gasteiger partial charge in [0.05, 0.1) is 59.6 Å². The van der Waals surface area contributed by atoms with Crippen molar-refractivity contribution in [2.75, 3.05) is 37.1 Å². The van der Waals surface area contributed by atoms with Gasteiger partial charge in [-0.25, -0.2) is 14.8 Å². The van der Waals surface area contributed by atoms with Gasteiger partial charge >= 0.3 is 24.4 Å². The molecule has 0 aliphatic carbocycles. The molecule has 0 saturated heterocycles. The number of rotatable bonds is 14. The van der Waals surface area contributed by atoms with E-state index in [1.807, 2.05) is 0 Å². The van der Waals surface area contributed by atoms with E-state index < -0.39 is 47.6 Å². The van der Waals surface area contributed by atoms with Gasteiger partial charge in [0.2, 0.25) is 5.95 Å². The van der Waals surface area contributed by atoms with Crippen LogP contribution in [0.5, 0.6) is 5.75 Å². The van der Waals surface area contributed by atoms with Gasteiger partial charge in [-0.15, -0.1) is 0 Å². The Balaban J connectivity index is 1.70. The molecule has 0 radical (unpaired) electrons. The number of carbonyl (C=O) groups is 2. The zero-order valence-corrected chi connectivity index (χ0v) is 27.6. The Bertz CT molecular complexity index is 1750. The fourth-order valence-corrected chi connectivity index (χ4v) is 5.60. The summed E-state index contributed by atoms with van der Waals surface area (Å²) in [5, 5.41) is 21.2. The van der Waals surface area contributed by atoms with Gasteiger partial charge in [-0.2, -0.15) is 31.6 Å². The topological polar surface area (TPSA) is 147 Å². The van der Waals surface area contributed by atoms with E-state index in [2.05, 4.69) is 15.3 Å². The number of halogens is 6. The van der Waals surface area contributed by atoms with Crippen LogP contribution in [0.15, 0.2) is 42.6 Å². The number of nitrogens with zero attached hydrogens (tertiary/aromatic N) is 4. The van der Waals surface area contributed by atoms with Crippen molar-refractivity contribution in [1.29, 1.82) is 5.26 Å². The number of carbonyl (C=O) groups excluding carboxylic acids is 1. The molecule has 2 aromatic carbocycles. The molecule has 0 spiro atoms. The predicted molar refractivity (Wildman–Crippen MR) is 170 cm³/mol. The molecule has 17 heteroatoms. The molecule has 274 valence electrons. The number of aliphatic carboxylic acids is 1. The number of nitriles is 1. The van der Waals surface area contributed by atoms with E-state index in [0.29, 0.717) is 6.42 Å². The molecule has 3 aromatic rings. The monoisotopic (exact) mass is 723 g/mol. The number of aromatic nitrogens is 2. The Morgan fingerprint density at radius 2 is 1.78 bits per heavy atom. The Morgan fingerprint density at radius 3 is 2.43 bits per heavy atom. The lowest BCUT2D eigenvalue weighted by Gasteiger charge is -2.40. The summed E-state index contributed by atoms with van der Waals surface area (Å²) < 4.78 is 98.6. The predicted octanol–water partition coefficient (Wildman–Crippen LogP) is 7.54. The minimum atomic E-state index is -4.72. The summed E-state index contributed by atoms with van der Waals surface area (Å²) in [4.78, 5) is 34.1. The molecule has 0 unspecified atom stereocenters. The largest absolute Gasteiger partial charge is 0.488 e. The summed E-state index contributed by atoms with van der Waals surface area (Å²) in [5.41, 5.74) is -1.73. The van der Waals surface area contributed by atoms with Crippen LogP contribution < -0.4 is 15.0 Å². The number of unbranched alkanes of at least 4 members (excludes halogenated alkanes) is 1. The molecule has 1 aliphatic heterocycles. The molecule has 1 aliphatic rings. The standard InChI is InChI=1S/C34H35F6N5O6/c1-3-24-17-26(25-16-22(33(35,36)37)7-8-28(25)45(24)32(48)51-9-5-4-6-30(46)47)43-31-42-19-29(50-11-10-49-2)27(44-31)15-20-12-21(18-41)14-23(13-20)34(38,39)40/h7-8,12-14,16,19,24,26H,3-6,9-11,15,17H2,1-2H3,(H,46,47)(H,42,43,44)/t24-,26+/m1/s1. The number of methoxy groups -OCH3 is 1. The number of benzene rings is 2. The number of nitrogens with one attached hydrogen (secondary N) is 1. The third kappa shape index (κ3) is 10.2. The Morgan fingerprint density at radius 1 is 1.04 bits per heavy atom. The minimum absolute atomic E-state index is 0.0472. The van der Waals surface area contributed by atoms with Crippen molar-refractivity contribution in [1.82, 2.24) is 9.97 Å². The first-order chi connectivity index (χ1) is 24.1. The van der Waals surface area contributed by atoms with Crippen LogP contribution in [0.2, 0.25) is 0 Å². The van der Waals surface area contributed by atoms with Crippen molar-refractivity contribution in [2.24, 2.45) is 0 Å². The first-order valence-electron chi connectivity index (χ1n) is 15.9. The van der Waals surface area contributed by atoms with Crippen molar-refractivity contribution in [2.45, 2.75) is 69.9 Å². The first kappa shape index (κ1) is 38.7. The molecule has 2 heterocycles. The first-order valence-corrected chi connectivity index (χ1v) is 15.9. The molecule has 2 N–H and O–H groups in total. The quantitative estimate of drug-likeness (QED) is 0.126. The van der Waals surface area contributed by atoms with E-state index in [9.17, 15) is 41.2 Å². The van der Waals surface area contributed by atoms with Gasteiger partial charge in [0.25, 0.3) is 0 Å². The number of hydrogen-bond donors (Lipinski definition) is 2. The molecule has 4 rings (SSSR count). The Labute approximate surface area is 289 Å². The number of hydrogen-bond acceptors (Lipinski definition) is 9. The van der Waals surface area contributed by atoms with Gasteiger partial charge in [0.15, 0.2) is 5.75 Å². The van der Waals surface area contributed by atoms with Crippen LogP contribution in [0.3, 0.4) is 0 Å². The number of alkyl halides is 6. The number of carboxylic acids is 1. The van der Waals surface area contributed by atoms with Crippen molar-refractivity contribution in [3.05, 3.63) is 76.1 Å². The van der Waals surface area contributed by atoms with E-state index in [1.165, 1.54) is 30.3 Å². The second-order valence-corrected chi connectivity index (χ2v) is 11.7. The van der Waals surface area contributed by atoms with Gasteiger partial charge < -0.3 is 24.6 Å². The van der Waals surface area contributed by atoms with Gasteiger partial charge in [0, 0.05) is 26.0 Å². The maximum Gasteiger partial charge on any atom is 0.416 e. The van der Waals surface area contributed by atoms with Gasteiger partial charge in [-0.1, -0.05) is 6.92 Å². The summed E-state index contributed by atoms with van der Waals surface area (Å²) in [6.07, 6.45) is -8.27. The molecular formula is C34H35F6N5O6. The normalized spacial score (nSPS) is 15.9. The van der Waals surface area contributed by atoms with Crippen LogP contribution in [0.1, 0.15) is 78.6 Å². The fraction of sp³-hybridized carbons (Fsp3) is 0.441. The third-order valence-corrected chi connectivity index (χ3v) is 8.04.